The van der Waals surface area contributed by atoms with E-state index in [1.54, 1.807) is 6.92 Å². The Morgan fingerprint density at radius 2 is 2.40 bits per heavy atom. The molecule has 0 rings (SSSR count). The maximum Gasteiger partial charge on any atom is 0.0887 e. The molecule has 10 heavy (non-hydrogen) atoms. The SMILES string of the molecule is C=C(C)CONCC(C)O. The van der Waals surface area contributed by atoms with Gasteiger partial charge >= 0.3 is 0 Å². The van der Waals surface area contributed by atoms with E-state index < -0.39 is 0 Å². The molecule has 0 bridgehead atoms. The fourth-order valence-corrected chi connectivity index (χ4v) is 0.354. The zero-order chi connectivity index (χ0) is 7.98. The molecule has 0 aliphatic heterocycles. The normalized spacial score (nSPS) is 13.1. The fraction of sp³-hybridized carbons (Fsp3) is 0.714. The number of rotatable bonds is 5. The average Bonchev–Trinajstić information content (AvgIpc) is 1.79. The van der Waals surface area contributed by atoms with Gasteiger partial charge in [-0.25, -0.2) is 0 Å². The molecule has 1 unspecified atom stereocenters. The highest BCUT2D eigenvalue weighted by Crippen LogP contribution is 1.84. The van der Waals surface area contributed by atoms with E-state index in [1.165, 1.54) is 0 Å². The van der Waals surface area contributed by atoms with Crippen LogP contribution in [0, 0.1) is 0 Å². The summed E-state index contributed by atoms with van der Waals surface area (Å²) in [5.74, 6) is 0. The van der Waals surface area contributed by atoms with Crippen molar-refractivity contribution in [1.29, 1.82) is 0 Å². The Balaban J connectivity index is 2.98. The highest BCUT2D eigenvalue weighted by Gasteiger charge is 1.92. The van der Waals surface area contributed by atoms with Gasteiger partial charge in [-0.05, 0) is 13.8 Å². The van der Waals surface area contributed by atoms with Crippen LogP contribution in [-0.4, -0.2) is 24.4 Å². The lowest BCUT2D eigenvalue weighted by molar-refractivity contribution is 0.0308. The molecule has 0 saturated carbocycles. The molecule has 2 N–H and O–H groups in total. The zero-order valence-electron chi connectivity index (χ0n) is 6.55. The van der Waals surface area contributed by atoms with Crippen molar-refractivity contribution in [3.63, 3.8) is 0 Å². The Labute approximate surface area is 61.7 Å². The first-order chi connectivity index (χ1) is 4.63. The highest BCUT2D eigenvalue weighted by atomic mass is 16.6. The summed E-state index contributed by atoms with van der Waals surface area (Å²) in [5.41, 5.74) is 3.56. The van der Waals surface area contributed by atoms with Gasteiger partial charge in [0.05, 0.1) is 12.7 Å². The van der Waals surface area contributed by atoms with Crippen molar-refractivity contribution in [2.24, 2.45) is 0 Å². The van der Waals surface area contributed by atoms with Gasteiger partial charge in [-0.1, -0.05) is 12.2 Å². The minimum absolute atomic E-state index is 0.370. The van der Waals surface area contributed by atoms with Crippen molar-refractivity contribution in [3.8, 4) is 0 Å². The summed E-state index contributed by atoms with van der Waals surface area (Å²) >= 11 is 0. The molecule has 0 fully saturated rings. The van der Waals surface area contributed by atoms with E-state index in [2.05, 4.69) is 12.1 Å². The summed E-state index contributed by atoms with van der Waals surface area (Å²) in [6.45, 7) is 8.16. The Morgan fingerprint density at radius 3 is 2.80 bits per heavy atom. The minimum Gasteiger partial charge on any atom is -0.392 e. The topological polar surface area (TPSA) is 41.5 Å². The fourth-order valence-electron chi connectivity index (χ4n) is 0.354. The van der Waals surface area contributed by atoms with Crippen molar-refractivity contribution >= 4 is 0 Å². The molecule has 0 aliphatic rings. The average molecular weight is 145 g/mol. The summed E-state index contributed by atoms with van der Waals surface area (Å²) in [5, 5.41) is 8.75. The minimum atomic E-state index is -0.370. The van der Waals surface area contributed by atoms with Crippen LogP contribution in [0.4, 0.5) is 0 Å². The molecular weight excluding hydrogens is 130 g/mol. The zero-order valence-corrected chi connectivity index (χ0v) is 6.55. The number of aliphatic hydroxyl groups is 1. The molecule has 0 saturated heterocycles. The van der Waals surface area contributed by atoms with Crippen molar-refractivity contribution in [2.75, 3.05) is 13.2 Å². The maximum atomic E-state index is 8.75. The van der Waals surface area contributed by atoms with Gasteiger partial charge in [0, 0.05) is 6.54 Å². The van der Waals surface area contributed by atoms with Crippen LogP contribution in [-0.2, 0) is 4.84 Å². The van der Waals surface area contributed by atoms with E-state index in [0.717, 1.165) is 5.57 Å². The molecule has 0 aromatic carbocycles. The van der Waals surface area contributed by atoms with Gasteiger partial charge < -0.3 is 5.11 Å². The third kappa shape index (κ3) is 7.62. The first kappa shape index (κ1) is 9.62. The molecule has 3 nitrogen and oxygen atoms in total. The Kier molecular flexibility index (Phi) is 5.20. The number of nitrogens with one attached hydrogen (secondary N) is 1. The van der Waals surface area contributed by atoms with Crippen molar-refractivity contribution in [3.05, 3.63) is 12.2 Å². The molecule has 0 aromatic heterocycles. The Bertz CT molecular complexity index is 102. The van der Waals surface area contributed by atoms with Crippen LogP contribution in [0.5, 0.6) is 0 Å². The molecule has 60 valence electrons. The summed E-state index contributed by atoms with van der Waals surface area (Å²) in [4.78, 5) is 4.90. The number of hydrogen-bond acceptors (Lipinski definition) is 3. The molecule has 0 amide bonds. The molecule has 0 aromatic rings. The van der Waals surface area contributed by atoms with Crippen LogP contribution in [0.15, 0.2) is 12.2 Å². The van der Waals surface area contributed by atoms with Crippen molar-refractivity contribution in [2.45, 2.75) is 20.0 Å². The predicted molar refractivity (Wildman–Crippen MR) is 40.4 cm³/mol. The third-order valence-corrected chi connectivity index (χ3v) is 0.799. The summed E-state index contributed by atoms with van der Waals surface area (Å²) in [6, 6.07) is 0. The quantitative estimate of drug-likeness (QED) is 0.335. The second kappa shape index (κ2) is 5.41. The Hall–Kier alpha value is -0.380. The molecule has 0 radical (unpaired) electrons. The first-order valence-corrected chi connectivity index (χ1v) is 3.30. The molecule has 0 aliphatic carbocycles. The molecular formula is C7H15NO2. The van der Waals surface area contributed by atoms with Gasteiger partial charge in [0.15, 0.2) is 0 Å². The predicted octanol–water partition coefficient (Wildman–Crippen LogP) is 0.464. The van der Waals surface area contributed by atoms with Gasteiger partial charge in [-0.3, -0.25) is 4.84 Å². The van der Waals surface area contributed by atoms with Gasteiger partial charge in [0.2, 0.25) is 0 Å². The second-order valence-corrected chi connectivity index (χ2v) is 2.44. The molecule has 3 heteroatoms. The number of aliphatic hydroxyl groups excluding tert-OH is 1. The van der Waals surface area contributed by atoms with Crippen molar-refractivity contribution < 1.29 is 9.94 Å². The summed E-state index contributed by atoms with van der Waals surface area (Å²) < 4.78 is 0. The van der Waals surface area contributed by atoms with Gasteiger partial charge in [0.1, 0.15) is 0 Å². The highest BCUT2D eigenvalue weighted by molar-refractivity contribution is 4.86. The number of hydrogen-bond donors (Lipinski definition) is 2. The lowest BCUT2D eigenvalue weighted by atomic mass is 10.4. The Morgan fingerprint density at radius 1 is 1.80 bits per heavy atom. The molecule has 1 atom stereocenters. The first-order valence-electron chi connectivity index (χ1n) is 3.30. The summed E-state index contributed by atoms with van der Waals surface area (Å²) in [6.07, 6.45) is -0.370. The van der Waals surface area contributed by atoms with Gasteiger partial charge in [0.25, 0.3) is 0 Å². The lowest BCUT2D eigenvalue weighted by Gasteiger charge is -2.06. The van der Waals surface area contributed by atoms with E-state index in [4.69, 9.17) is 9.94 Å². The van der Waals surface area contributed by atoms with Crippen LogP contribution in [0.25, 0.3) is 0 Å². The standard InChI is InChI=1S/C7H15NO2/c1-6(2)5-10-8-4-7(3)9/h7-9H,1,4-5H2,2-3H3. The second-order valence-electron chi connectivity index (χ2n) is 2.44. The van der Waals surface area contributed by atoms with Crippen LogP contribution in [0.3, 0.4) is 0 Å². The van der Waals surface area contributed by atoms with Gasteiger partial charge in [-0.15, -0.1) is 0 Å². The summed E-state index contributed by atoms with van der Waals surface area (Å²) in [7, 11) is 0. The maximum absolute atomic E-state index is 8.75. The smallest absolute Gasteiger partial charge is 0.0887 e. The van der Waals surface area contributed by atoms with Gasteiger partial charge in [-0.2, -0.15) is 5.48 Å². The van der Waals surface area contributed by atoms with Crippen molar-refractivity contribution in [1.82, 2.24) is 5.48 Å². The van der Waals surface area contributed by atoms with E-state index in [0.29, 0.717) is 13.2 Å². The van der Waals surface area contributed by atoms with E-state index in [-0.39, 0.29) is 6.10 Å². The largest absolute Gasteiger partial charge is 0.392 e. The third-order valence-electron chi connectivity index (χ3n) is 0.799. The lowest BCUT2D eigenvalue weighted by Crippen LogP contribution is -2.25. The van der Waals surface area contributed by atoms with Crippen LogP contribution < -0.4 is 5.48 Å². The van der Waals surface area contributed by atoms with E-state index >= 15 is 0 Å². The van der Waals surface area contributed by atoms with Crippen LogP contribution in [0.1, 0.15) is 13.8 Å². The molecule has 0 heterocycles. The monoisotopic (exact) mass is 145 g/mol. The number of hydroxylamine groups is 1. The molecule has 0 spiro atoms. The van der Waals surface area contributed by atoms with Crippen LogP contribution in [0.2, 0.25) is 0 Å². The van der Waals surface area contributed by atoms with E-state index in [9.17, 15) is 0 Å². The van der Waals surface area contributed by atoms with Crippen LogP contribution >= 0.6 is 0 Å². The van der Waals surface area contributed by atoms with E-state index in [1.807, 2.05) is 6.92 Å².